The van der Waals surface area contributed by atoms with E-state index >= 15 is 0 Å². The van der Waals surface area contributed by atoms with E-state index in [1.165, 1.54) is 5.56 Å². The fraction of sp³-hybridized carbons (Fsp3) is 0.462. The molecule has 0 aliphatic carbocycles. The molecule has 0 bridgehead atoms. The lowest BCUT2D eigenvalue weighted by molar-refractivity contribution is 0.0792. The summed E-state index contributed by atoms with van der Waals surface area (Å²) < 4.78 is 5.07. The van der Waals surface area contributed by atoms with Crippen LogP contribution in [-0.2, 0) is 11.2 Å². The Bertz CT molecular complexity index is 314. The number of aryl methyl sites for hydroxylation is 1. The highest BCUT2D eigenvalue weighted by Gasteiger charge is 2.10. The van der Waals surface area contributed by atoms with E-state index < -0.39 is 0 Å². The van der Waals surface area contributed by atoms with E-state index in [-0.39, 0.29) is 11.9 Å². The Labute approximate surface area is 91.3 Å². The molecule has 2 heteroatoms. The number of carbonyl (C=O) groups is 1. The SMILES string of the molecule is CCc1ccc(C(=O)CC(C)OC)cc1. The van der Waals surface area contributed by atoms with Crippen LogP contribution >= 0.6 is 0 Å². The minimum absolute atomic E-state index is 0.0108. The number of benzene rings is 1. The highest BCUT2D eigenvalue weighted by molar-refractivity contribution is 5.96. The molecule has 15 heavy (non-hydrogen) atoms. The van der Waals surface area contributed by atoms with Crippen molar-refractivity contribution in [2.75, 3.05) is 7.11 Å². The van der Waals surface area contributed by atoms with Crippen LogP contribution in [0, 0.1) is 0 Å². The molecule has 0 radical (unpaired) electrons. The Kier molecular flexibility index (Phi) is 4.50. The molecule has 0 aromatic heterocycles. The molecule has 0 heterocycles. The molecule has 0 amide bonds. The smallest absolute Gasteiger partial charge is 0.165 e. The average Bonchev–Trinajstić information content (AvgIpc) is 2.29. The highest BCUT2D eigenvalue weighted by Crippen LogP contribution is 2.09. The largest absolute Gasteiger partial charge is 0.381 e. The lowest BCUT2D eigenvalue weighted by atomic mass is 10.0. The molecule has 82 valence electrons. The Morgan fingerprint density at radius 2 is 1.93 bits per heavy atom. The van der Waals surface area contributed by atoms with Gasteiger partial charge in [0.05, 0.1) is 6.10 Å². The van der Waals surface area contributed by atoms with Crippen molar-refractivity contribution in [3.05, 3.63) is 35.4 Å². The van der Waals surface area contributed by atoms with Crippen molar-refractivity contribution in [3.63, 3.8) is 0 Å². The van der Waals surface area contributed by atoms with Crippen molar-refractivity contribution < 1.29 is 9.53 Å². The van der Waals surface area contributed by atoms with Gasteiger partial charge >= 0.3 is 0 Å². The lowest BCUT2D eigenvalue weighted by Gasteiger charge is -2.08. The third-order valence-electron chi connectivity index (χ3n) is 2.56. The topological polar surface area (TPSA) is 26.3 Å². The van der Waals surface area contributed by atoms with Gasteiger partial charge in [-0.15, -0.1) is 0 Å². The zero-order valence-electron chi connectivity index (χ0n) is 9.62. The summed E-state index contributed by atoms with van der Waals surface area (Å²) in [4.78, 5) is 11.7. The maximum atomic E-state index is 11.7. The van der Waals surface area contributed by atoms with Gasteiger partial charge in [0.1, 0.15) is 0 Å². The molecule has 0 fully saturated rings. The Morgan fingerprint density at radius 1 is 1.33 bits per heavy atom. The second-order valence-electron chi connectivity index (χ2n) is 3.72. The maximum absolute atomic E-state index is 11.7. The van der Waals surface area contributed by atoms with E-state index in [0.29, 0.717) is 6.42 Å². The van der Waals surface area contributed by atoms with Gasteiger partial charge in [-0.1, -0.05) is 31.2 Å². The summed E-state index contributed by atoms with van der Waals surface area (Å²) in [7, 11) is 1.62. The van der Waals surface area contributed by atoms with E-state index in [0.717, 1.165) is 12.0 Å². The zero-order chi connectivity index (χ0) is 11.3. The summed E-state index contributed by atoms with van der Waals surface area (Å²) in [5.41, 5.74) is 2.03. The first-order chi connectivity index (χ1) is 7.17. The number of rotatable bonds is 5. The Morgan fingerprint density at radius 3 is 2.40 bits per heavy atom. The third-order valence-corrected chi connectivity index (χ3v) is 2.56. The predicted molar refractivity (Wildman–Crippen MR) is 61.2 cm³/mol. The molecule has 0 spiro atoms. The van der Waals surface area contributed by atoms with Gasteiger partial charge in [-0.25, -0.2) is 0 Å². The summed E-state index contributed by atoms with van der Waals surface area (Å²) in [5, 5.41) is 0. The van der Waals surface area contributed by atoms with Crippen LogP contribution in [0.4, 0.5) is 0 Å². The molecule has 1 atom stereocenters. The van der Waals surface area contributed by atoms with Gasteiger partial charge in [-0.05, 0) is 18.9 Å². The molecule has 0 aliphatic heterocycles. The average molecular weight is 206 g/mol. The van der Waals surface area contributed by atoms with Gasteiger partial charge in [0, 0.05) is 19.1 Å². The van der Waals surface area contributed by atoms with Gasteiger partial charge in [0.25, 0.3) is 0 Å². The minimum atomic E-state index is -0.0108. The molecule has 2 nitrogen and oxygen atoms in total. The monoisotopic (exact) mass is 206 g/mol. The minimum Gasteiger partial charge on any atom is -0.381 e. The van der Waals surface area contributed by atoms with Crippen molar-refractivity contribution in [3.8, 4) is 0 Å². The first-order valence-corrected chi connectivity index (χ1v) is 5.32. The van der Waals surface area contributed by atoms with Crippen molar-refractivity contribution in [1.29, 1.82) is 0 Å². The Balaban J connectivity index is 2.66. The number of methoxy groups -OCH3 is 1. The number of Topliss-reactive ketones (excluding diaryl/α,β-unsaturated/α-hetero) is 1. The van der Waals surface area contributed by atoms with Crippen LogP contribution < -0.4 is 0 Å². The van der Waals surface area contributed by atoms with Gasteiger partial charge in [0.2, 0.25) is 0 Å². The first kappa shape index (κ1) is 11.9. The normalized spacial score (nSPS) is 12.5. The summed E-state index contributed by atoms with van der Waals surface area (Å²) in [6.45, 7) is 4.00. The van der Waals surface area contributed by atoms with Gasteiger partial charge in [0.15, 0.2) is 5.78 Å². The molecule has 1 rings (SSSR count). The van der Waals surface area contributed by atoms with Crippen LogP contribution in [-0.4, -0.2) is 19.0 Å². The molecular formula is C13H18O2. The van der Waals surface area contributed by atoms with Gasteiger partial charge in [-0.2, -0.15) is 0 Å². The van der Waals surface area contributed by atoms with E-state index in [4.69, 9.17) is 4.74 Å². The molecular weight excluding hydrogens is 188 g/mol. The quantitative estimate of drug-likeness (QED) is 0.692. The molecule has 0 saturated carbocycles. The fourth-order valence-electron chi connectivity index (χ4n) is 1.39. The van der Waals surface area contributed by atoms with Crippen molar-refractivity contribution in [2.45, 2.75) is 32.8 Å². The summed E-state index contributed by atoms with van der Waals surface area (Å²) in [6.07, 6.45) is 1.44. The summed E-state index contributed by atoms with van der Waals surface area (Å²) in [6, 6.07) is 7.79. The molecule has 0 saturated heterocycles. The van der Waals surface area contributed by atoms with Crippen LogP contribution in [0.3, 0.4) is 0 Å². The Hall–Kier alpha value is -1.15. The highest BCUT2D eigenvalue weighted by atomic mass is 16.5. The van der Waals surface area contributed by atoms with E-state index in [1.807, 2.05) is 31.2 Å². The van der Waals surface area contributed by atoms with E-state index in [1.54, 1.807) is 7.11 Å². The lowest BCUT2D eigenvalue weighted by Crippen LogP contribution is -2.12. The molecule has 1 aromatic rings. The maximum Gasteiger partial charge on any atom is 0.165 e. The predicted octanol–water partition coefficient (Wildman–Crippen LogP) is 2.86. The van der Waals surface area contributed by atoms with Crippen LogP contribution in [0.5, 0.6) is 0 Å². The molecule has 1 unspecified atom stereocenters. The number of hydrogen-bond donors (Lipinski definition) is 0. The number of carbonyl (C=O) groups excluding carboxylic acids is 1. The molecule has 0 N–H and O–H groups in total. The third kappa shape index (κ3) is 3.48. The van der Waals surface area contributed by atoms with Crippen molar-refractivity contribution in [2.24, 2.45) is 0 Å². The number of hydrogen-bond acceptors (Lipinski definition) is 2. The second-order valence-corrected chi connectivity index (χ2v) is 3.72. The number of ether oxygens (including phenoxy) is 1. The molecule has 1 aromatic carbocycles. The summed E-state index contributed by atoms with van der Waals surface area (Å²) >= 11 is 0. The van der Waals surface area contributed by atoms with Crippen LogP contribution in [0.25, 0.3) is 0 Å². The summed E-state index contributed by atoms with van der Waals surface area (Å²) in [5.74, 6) is 0.145. The van der Waals surface area contributed by atoms with Crippen LogP contribution in [0.2, 0.25) is 0 Å². The van der Waals surface area contributed by atoms with E-state index in [9.17, 15) is 4.79 Å². The fourth-order valence-corrected chi connectivity index (χ4v) is 1.39. The number of ketones is 1. The standard InChI is InChI=1S/C13H18O2/c1-4-11-5-7-12(8-6-11)13(14)9-10(2)15-3/h5-8,10H,4,9H2,1-3H3. The molecule has 0 aliphatic rings. The van der Waals surface area contributed by atoms with Crippen molar-refractivity contribution >= 4 is 5.78 Å². The first-order valence-electron chi connectivity index (χ1n) is 5.32. The van der Waals surface area contributed by atoms with Crippen LogP contribution in [0.1, 0.15) is 36.2 Å². The second kappa shape index (κ2) is 5.66. The van der Waals surface area contributed by atoms with Crippen LogP contribution in [0.15, 0.2) is 24.3 Å². The van der Waals surface area contributed by atoms with E-state index in [2.05, 4.69) is 6.92 Å². The van der Waals surface area contributed by atoms with Crippen molar-refractivity contribution in [1.82, 2.24) is 0 Å². The zero-order valence-corrected chi connectivity index (χ0v) is 9.62. The van der Waals surface area contributed by atoms with Gasteiger partial charge < -0.3 is 4.74 Å². The van der Waals surface area contributed by atoms with Gasteiger partial charge in [-0.3, -0.25) is 4.79 Å².